The summed E-state index contributed by atoms with van der Waals surface area (Å²) in [6, 6.07) is 16.9. The molecule has 7 heteroatoms. The number of piperazine rings is 1. The lowest BCUT2D eigenvalue weighted by Crippen LogP contribution is -2.48. The zero-order valence-electron chi connectivity index (χ0n) is 18.8. The number of rotatable bonds is 6. The second-order valence-electron chi connectivity index (χ2n) is 8.58. The van der Waals surface area contributed by atoms with E-state index in [4.69, 9.17) is 0 Å². The molecule has 1 amide bonds. The van der Waals surface area contributed by atoms with Crippen molar-refractivity contribution in [3.63, 3.8) is 0 Å². The van der Waals surface area contributed by atoms with Gasteiger partial charge in [0.25, 0.3) is 0 Å². The van der Waals surface area contributed by atoms with E-state index in [1.807, 2.05) is 23.1 Å². The number of benzene rings is 2. The zero-order chi connectivity index (χ0) is 23.5. The fourth-order valence-electron chi connectivity index (χ4n) is 4.65. The smallest absolute Gasteiger partial charge is 0.222 e. The van der Waals surface area contributed by atoms with Gasteiger partial charge in [-0.2, -0.15) is 0 Å². The summed E-state index contributed by atoms with van der Waals surface area (Å²) in [5, 5.41) is 0.834. The number of nitrogens with zero attached hydrogens (tertiary/aromatic N) is 3. The fraction of sp³-hybridized carbons (Fsp3) is 0.259. The summed E-state index contributed by atoms with van der Waals surface area (Å²) in [6.07, 6.45) is 3.48. The van der Waals surface area contributed by atoms with Gasteiger partial charge in [-0.05, 0) is 73.0 Å². The van der Waals surface area contributed by atoms with Crippen LogP contribution in [0.15, 0.2) is 66.9 Å². The number of halogens is 2. The van der Waals surface area contributed by atoms with Crippen molar-refractivity contribution >= 4 is 22.5 Å². The lowest BCUT2D eigenvalue weighted by Gasteiger charge is -2.36. The highest BCUT2D eigenvalue weighted by atomic mass is 19.1. The number of hydrogen-bond acceptors (Lipinski definition) is 3. The molecule has 0 saturated carbocycles. The van der Waals surface area contributed by atoms with Crippen molar-refractivity contribution in [2.75, 3.05) is 31.1 Å². The third kappa shape index (κ3) is 4.64. The van der Waals surface area contributed by atoms with E-state index in [1.54, 1.807) is 30.5 Å². The first-order valence-corrected chi connectivity index (χ1v) is 11.6. The topological polar surface area (TPSA) is 52.2 Å². The van der Waals surface area contributed by atoms with Gasteiger partial charge in [-0.1, -0.05) is 6.07 Å². The summed E-state index contributed by atoms with van der Waals surface area (Å²) < 4.78 is 27.2. The summed E-state index contributed by atoms with van der Waals surface area (Å²) in [5.74, 6) is -0.402. The van der Waals surface area contributed by atoms with Gasteiger partial charge in [0.1, 0.15) is 11.6 Å². The van der Waals surface area contributed by atoms with Crippen LogP contribution in [0.5, 0.6) is 0 Å². The Morgan fingerprint density at radius 1 is 0.941 bits per heavy atom. The molecule has 174 valence electrons. The molecule has 4 aromatic rings. The second kappa shape index (κ2) is 9.63. The molecule has 0 spiro atoms. The molecule has 5 rings (SSSR count). The van der Waals surface area contributed by atoms with E-state index in [9.17, 15) is 13.6 Å². The van der Waals surface area contributed by atoms with Gasteiger partial charge < -0.3 is 14.8 Å². The summed E-state index contributed by atoms with van der Waals surface area (Å²) in [4.78, 5) is 24.8. The van der Waals surface area contributed by atoms with Crippen molar-refractivity contribution < 1.29 is 13.6 Å². The molecule has 1 N–H and O–H groups in total. The van der Waals surface area contributed by atoms with Gasteiger partial charge in [-0.3, -0.25) is 9.78 Å². The Bertz CT molecular complexity index is 1280. The second-order valence-corrected chi connectivity index (χ2v) is 8.58. The van der Waals surface area contributed by atoms with Crippen LogP contribution in [0, 0.1) is 11.6 Å². The molecule has 0 radical (unpaired) electrons. The van der Waals surface area contributed by atoms with Crippen molar-refractivity contribution in [1.29, 1.82) is 0 Å². The molecule has 2 aromatic heterocycles. The molecule has 1 aliphatic rings. The molecule has 3 heterocycles. The Kier molecular flexibility index (Phi) is 6.25. The highest BCUT2D eigenvalue weighted by Gasteiger charge is 2.22. The van der Waals surface area contributed by atoms with Crippen molar-refractivity contribution in [2.45, 2.75) is 19.3 Å². The third-order valence-corrected chi connectivity index (χ3v) is 6.43. The monoisotopic (exact) mass is 460 g/mol. The minimum Gasteiger partial charge on any atom is -0.368 e. The molecular weight excluding hydrogens is 434 g/mol. The Labute approximate surface area is 197 Å². The molecule has 0 atom stereocenters. The van der Waals surface area contributed by atoms with Gasteiger partial charge >= 0.3 is 0 Å². The van der Waals surface area contributed by atoms with Crippen LogP contribution in [0.3, 0.4) is 0 Å². The Morgan fingerprint density at radius 2 is 1.71 bits per heavy atom. The SMILES string of the molecule is O=C(CCCc1c(-c2ccccn2)[nH]c2ccc(F)cc12)N1CCN(c2ccc(F)cc2)CC1. The molecule has 0 aliphatic carbocycles. The molecular formula is C27H26F2N4O. The maximum atomic E-state index is 14.0. The van der Waals surface area contributed by atoms with Gasteiger partial charge in [0.2, 0.25) is 5.91 Å². The number of H-pyrrole nitrogens is 1. The number of aromatic amines is 1. The van der Waals surface area contributed by atoms with Crippen LogP contribution in [0.1, 0.15) is 18.4 Å². The molecule has 0 unspecified atom stereocenters. The van der Waals surface area contributed by atoms with Crippen LogP contribution in [0.2, 0.25) is 0 Å². The van der Waals surface area contributed by atoms with E-state index < -0.39 is 0 Å². The molecule has 1 fully saturated rings. The standard InChI is InChI=1S/C27H26F2N4O/c28-19-7-10-21(11-8-19)32-14-16-33(17-15-32)26(34)6-3-4-22-23-18-20(29)9-12-24(23)31-27(22)25-5-1-2-13-30-25/h1-2,5,7-13,18,31H,3-4,6,14-17H2. The van der Waals surface area contributed by atoms with E-state index in [-0.39, 0.29) is 17.5 Å². The lowest BCUT2D eigenvalue weighted by molar-refractivity contribution is -0.131. The quantitative estimate of drug-likeness (QED) is 0.431. The van der Waals surface area contributed by atoms with Gasteiger partial charge in [0.05, 0.1) is 11.4 Å². The largest absolute Gasteiger partial charge is 0.368 e. The number of fused-ring (bicyclic) bond motifs is 1. The number of aromatic nitrogens is 2. The van der Waals surface area contributed by atoms with Gasteiger partial charge in [0.15, 0.2) is 0 Å². The van der Waals surface area contributed by atoms with Crippen LogP contribution in [0.25, 0.3) is 22.3 Å². The van der Waals surface area contributed by atoms with Crippen LogP contribution in [-0.2, 0) is 11.2 Å². The number of hydrogen-bond donors (Lipinski definition) is 1. The first-order valence-electron chi connectivity index (χ1n) is 11.6. The first kappa shape index (κ1) is 22.1. The Balaban J connectivity index is 1.23. The number of pyridine rings is 1. The molecule has 0 bridgehead atoms. The Morgan fingerprint density at radius 3 is 2.44 bits per heavy atom. The molecule has 1 saturated heterocycles. The van der Waals surface area contributed by atoms with Crippen molar-refractivity contribution in [2.24, 2.45) is 0 Å². The van der Waals surface area contributed by atoms with Crippen molar-refractivity contribution in [1.82, 2.24) is 14.9 Å². The van der Waals surface area contributed by atoms with Crippen LogP contribution in [-0.4, -0.2) is 47.0 Å². The summed E-state index contributed by atoms with van der Waals surface area (Å²) >= 11 is 0. The highest BCUT2D eigenvalue weighted by molar-refractivity contribution is 5.90. The van der Waals surface area contributed by atoms with E-state index in [2.05, 4.69) is 14.9 Å². The van der Waals surface area contributed by atoms with Crippen LogP contribution >= 0.6 is 0 Å². The maximum absolute atomic E-state index is 14.0. The molecule has 1 aliphatic heterocycles. The number of nitrogens with one attached hydrogen (secondary N) is 1. The number of carbonyl (C=O) groups is 1. The van der Waals surface area contributed by atoms with Gasteiger partial charge in [0, 0.05) is 55.4 Å². The Hall–Kier alpha value is -3.74. The van der Waals surface area contributed by atoms with Crippen LogP contribution in [0.4, 0.5) is 14.5 Å². The number of carbonyl (C=O) groups excluding carboxylic acids is 1. The van der Waals surface area contributed by atoms with Gasteiger partial charge in [-0.25, -0.2) is 8.78 Å². The molecule has 2 aromatic carbocycles. The minimum atomic E-state index is -0.282. The number of anilines is 1. The average Bonchev–Trinajstić information content (AvgIpc) is 3.23. The first-order chi connectivity index (χ1) is 16.6. The zero-order valence-corrected chi connectivity index (χ0v) is 18.8. The highest BCUT2D eigenvalue weighted by Crippen LogP contribution is 2.31. The number of aryl methyl sites for hydroxylation is 1. The van der Waals surface area contributed by atoms with E-state index in [0.29, 0.717) is 32.4 Å². The normalized spacial score (nSPS) is 14.1. The minimum absolute atomic E-state index is 0.129. The van der Waals surface area contributed by atoms with Crippen LogP contribution < -0.4 is 4.90 Å². The predicted molar refractivity (Wildman–Crippen MR) is 130 cm³/mol. The van der Waals surface area contributed by atoms with Crippen molar-refractivity contribution in [3.8, 4) is 11.4 Å². The summed E-state index contributed by atoms with van der Waals surface area (Å²) in [5.41, 5.74) is 4.50. The lowest BCUT2D eigenvalue weighted by atomic mass is 10.0. The van der Waals surface area contributed by atoms with Gasteiger partial charge in [-0.15, -0.1) is 0 Å². The maximum Gasteiger partial charge on any atom is 0.222 e. The van der Waals surface area contributed by atoms with E-state index >= 15 is 0 Å². The van der Waals surface area contributed by atoms with E-state index in [0.717, 1.165) is 46.6 Å². The van der Waals surface area contributed by atoms with E-state index in [1.165, 1.54) is 18.2 Å². The number of amides is 1. The molecule has 5 nitrogen and oxygen atoms in total. The summed E-state index contributed by atoms with van der Waals surface area (Å²) in [7, 11) is 0. The van der Waals surface area contributed by atoms with Crippen molar-refractivity contribution in [3.05, 3.63) is 84.1 Å². The fourth-order valence-corrected chi connectivity index (χ4v) is 4.65. The summed E-state index contributed by atoms with van der Waals surface area (Å²) in [6.45, 7) is 2.74. The predicted octanol–water partition coefficient (Wildman–Crippen LogP) is 5.18. The molecule has 34 heavy (non-hydrogen) atoms. The average molecular weight is 461 g/mol. The third-order valence-electron chi connectivity index (χ3n) is 6.43.